The summed E-state index contributed by atoms with van der Waals surface area (Å²) in [4.78, 5) is 1.73. The van der Waals surface area contributed by atoms with Crippen LogP contribution in [-0.4, -0.2) is 35.9 Å². The average molecular weight is 243 g/mol. The summed E-state index contributed by atoms with van der Waals surface area (Å²) in [6.07, 6.45) is 7.13. The average Bonchev–Trinajstić information content (AvgIpc) is 2.39. The molecule has 0 heterocycles. The van der Waals surface area contributed by atoms with Crippen LogP contribution in [0.25, 0.3) is 0 Å². The molecule has 0 spiro atoms. The molecule has 0 saturated heterocycles. The van der Waals surface area contributed by atoms with E-state index in [1.54, 1.807) is 17.1 Å². The Morgan fingerprint density at radius 2 is 1.72 bits per heavy atom. The summed E-state index contributed by atoms with van der Waals surface area (Å²) >= 11 is 0. The Labute approximate surface area is 107 Å². The van der Waals surface area contributed by atoms with Crippen molar-refractivity contribution in [3.63, 3.8) is 0 Å². The molecular formula is C14H17N3O. The van der Waals surface area contributed by atoms with Crippen molar-refractivity contribution in [2.45, 2.75) is 11.8 Å². The van der Waals surface area contributed by atoms with Gasteiger partial charge in [0.2, 0.25) is 0 Å². The van der Waals surface area contributed by atoms with Crippen LogP contribution in [0.4, 0.5) is 5.69 Å². The van der Waals surface area contributed by atoms with Gasteiger partial charge in [-0.2, -0.15) is 10.2 Å². The van der Waals surface area contributed by atoms with Gasteiger partial charge in [0.15, 0.2) is 5.72 Å². The molecule has 0 saturated carbocycles. The molecule has 4 nitrogen and oxygen atoms in total. The first kappa shape index (κ1) is 12.7. The maximum atomic E-state index is 10.1. The number of azo groups is 1. The molecule has 0 radical (unpaired) electrons. The fourth-order valence-electron chi connectivity index (χ4n) is 1.60. The standard InChI is InChI=1S/C14H17N3O/c1-17(2)14(18)10-8-13(9-11-14)16-15-12-6-4-3-5-7-12/h3-11,13,18H,1-2H3. The van der Waals surface area contributed by atoms with Gasteiger partial charge in [0.25, 0.3) is 0 Å². The lowest BCUT2D eigenvalue weighted by molar-refractivity contribution is 0.00549. The molecule has 0 unspecified atom stereocenters. The van der Waals surface area contributed by atoms with Crippen molar-refractivity contribution >= 4 is 5.69 Å². The van der Waals surface area contributed by atoms with Crippen molar-refractivity contribution in [1.82, 2.24) is 4.90 Å². The van der Waals surface area contributed by atoms with Gasteiger partial charge in [-0.15, -0.1) is 0 Å². The Bertz CT molecular complexity index is 463. The van der Waals surface area contributed by atoms with E-state index in [1.165, 1.54) is 0 Å². The SMILES string of the molecule is CN(C)C1(O)C=CC(N=Nc2ccccc2)C=C1. The number of likely N-dealkylation sites (N-methyl/N-ethyl adjacent to an activating group) is 1. The van der Waals surface area contributed by atoms with Gasteiger partial charge in [-0.3, -0.25) is 4.90 Å². The third-order valence-electron chi connectivity index (χ3n) is 2.86. The van der Waals surface area contributed by atoms with Gasteiger partial charge in [-0.25, -0.2) is 0 Å². The lowest BCUT2D eigenvalue weighted by atomic mass is 10.0. The van der Waals surface area contributed by atoms with E-state index in [0.29, 0.717) is 0 Å². The Balaban J connectivity index is 2.03. The number of rotatable bonds is 3. The number of hydrogen-bond donors (Lipinski definition) is 1. The van der Waals surface area contributed by atoms with Crippen molar-refractivity contribution in [2.75, 3.05) is 14.1 Å². The summed E-state index contributed by atoms with van der Waals surface area (Å²) in [5.74, 6) is 0. The van der Waals surface area contributed by atoms with Crippen molar-refractivity contribution in [3.05, 3.63) is 54.6 Å². The highest BCUT2D eigenvalue weighted by Gasteiger charge is 2.25. The zero-order valence-electron chi connectivity index (χ0n) is 10.6. The molecule has 4 heteroatoms. The van der Waals surface area contributed by atoms with E-state index in [4.69, 9.17) is 0 Å². The number of aliphatic hydroxyl groups is 1. The van der Waals surface area contributed by atoms with E-state index in [9.17, 15) is 5.11 Å². The maximum absolute atomic E-state index is 10.1. The molecule has 1 aromatic rings. The summed E-state index contributed by atoms with van der Waals surface area (Å²) in [6.45, 7) is 0. The summed E-state index contributed by atoms with van der Waals surface area (Å²) in [5, 5.41) is 18.5. The van der Waals surface area contributed by atoms with Crippen LogP contribution in [0, 0.1) is 0 Å². The fraction of sp³-hybridized carbons (Fsp3) is 0.286. The topological polar surface area (TPSA) is 48.2 Å². The Hall–Kier alpha value is -1.78. The summed E-state index contributed by atoms with van der Waals surface area (Å²) in [7, 11) is 3.64. The van der Waals surface area contributed by atoms with Crippen LogP contribution in [0.5, 0.6) is 0 Å². The van der Waals surface area contributed by atoms with Crippen molar-refractivity contribution in [3.8, 4) is 0 Å². The third kappa shape index (κ3) is 2.91. The molecule has 1 aliphatic rings. The van der Waals surface area contributed by atoms with E-state index in [0.717, 1.165) is 5.69 Å². The van der Waals surface area contributed by atoms with Gasteiger partial charge in [-0.1, -0.05) is 30.4 Å². The van der Waals surface area contributed by atoms with Crippen LogP contribution in [0.3, 0.4) is 0 Å². The lowest BCUT2D eigenvalue weighted by Gasteiger charge is -2.30. The Morgan fingerprint density at radius 3 is 2.28 bits per heavy atom. The van der Waals surface area contributed by atoms with Gasteiger partial charge < -0.3 is 5.11 Å². The van der Waals surface area contributed by atoms with Crippen LogP contribution in [0.2, 0.25) is 0 Å². The van der Waals surface area contributed by atoms with Crippen molar-refractivity contribution < 1.29 is 5.11 Å². The molecule has 94 valence electrons. The van der Waals surface area contributed by atoms with E-state index in [-0.39, 0.29) is 6.04 Å². The Morgan fingerprint density at radius 1 is 1.11 bits per heavy atom. The molecule has 0 amide bonds. The number of benzene rings is 1. The molecule has 1 N–H and O–H groups in total. The first-order chi connectivity index (χ1) is 8.60. The minimum absolute atomic E-state index is 0.120. The molecule has 2 rings (SSSR count). The maximum Gasteiger partial charge on any atom is 0.156 e. The van der Waals surface area contributed by atoms with Crippen LogP contribution in [0.15, 0.2) is 64.9 Å². The van der Waals surface area contributed by atoms with E-state index >= 15 is 0 Å². The molecular weight excluding hydrogens is 226 g/mol. The van der Waals surface area contributed by atoms with E-state index < -0.39 is 5.72 Å². The lowest BCUT2D eigenvalue weighted by Crippen LogP contribution is -2.41. The first-order valence-electron chi connectivity index (χ1n) is 5.84. The van der Waals surface area contributed by atoms with Crippen LogP contribution >= 0.6 is 0 Å². The molecule has 0 atom stereocenters. The van der Waals surface area contributed by atoms with Gasteiger partial charge in [0.05, 0.1) is 5.69 Å². The van der Waals surface area contributed by atoms with Gasteiger partial charge >= 0.3 is 0 Å². The van der Waals surface area contributed by atoms with Crippen molar-refractivity contribution in [1.29, 1.82) is 0 Å². The highest BCUT2D eigenvalue weighted by molar-refractivity contribution is 5.35. The zero-order valence-corrected chi connectivity index (χ0v) is 10.6. The second-order valence-corrected chi connectivity index (χ2v) is 4.44. The molecule has 1 aliphatic carbocycles. The van der Waals surface area contributed by atoms with Gasteiger partial charge in [0.1, 0.15) is 6.04 Å². The third-order valence-corrected chi connectivity index (χ3v) is 2.86. The predicted octanol–water partition coefficient (Wildman–Crippen LogP) is 2.52. The molecule has 0 fully saturated rings. The van der Waals surface area contributed by atoms with Gasteiger partial charge in [0, 0.05) is 0 Å². The van der Waals surface area contributed by atoms with Crippen LogP contribution < -0.4 is 0 Å². The van der Waals surface area contributed by atoms with Gasteiger partial charge in [-0.05, 0) is 38.4 Å². The quantitative estimate of drug-likeness (QED) is 0.504. The van der Waals surface area contributed by atoms with E-state index in [1.807, 2.05) is 56.6 Å². The number of hydrogen-bond acceptors (Lipinski definition) is 4. The van der Waals surface area contributed by atoms with Crippen LogP contribution in [-0.2, 0) is 0 Å². The zero-order chi connectivity index (χ0) is 13.0. The summed E-state index contributed by atoms with van der Waals surface area (Å²) in [6, 6.07) is 9.46. The largest absolute Gasteiger partial charge is 0.368 e. The highest BCUT2D eigenvalue weighted by atomic mass is 16.3. The minimum atomic E-state index is -1.02. The second-order valence-electron chi connectivity index (χ2n) is 4.44. The summed E-state index contributed by atoms with van der Waals surface area (Å²) < 4.78 is 0. The fourth-order valence-corrected chi connectivity index (χ4v) is 1.60. The predicted molar refractivity (Wildman–Crippen MR) is 71.7 cm³/mol. The Kier molecular flexibility index (Phi) is 3.69. The monoisotopic (exact) mass is 243 g/mol. The normalized spacial score (nSPS) is 27.2. The number of nitrogens with zero attached hydrogens (tertiary/aromatic N) is 3. The highest BCUT2D eigenvalue weighted by Crippen LogP contribution is 2.20. The molecule has 18 heavy (non-hydrogen) atoms. The minimum Gasteiger partial charge on any atom is -0.368 e. The molecule has 0 aromatic heterocycles. The van der Waals surface area contributed by atoms with Crippen LogP contribution in [0.1, 0.15) is 0 Å². The molecule has 1 aromatic carbocycles. The second kappa shape index (κ2) is 5.25. The first-order valence-corrected chi connectivity index (χ1v) is 5.84. The van der Waals surface area contributed by atoms with E-state index in [2.05, 4.69) is 10.2 Å². The van der Waals surface area contributed by atoms with Crippen molar-refractivity contribution in [2.24, 2.45) is 10.2 Å². The smallest absolute Gasteiger partial charge is 0.156 e. The molecule has 0 aliphatic heterocycles. The summed E-state index contributed by atoms with van der Waals surface area (Å²) in [5.41, 5.74) is -0.188. The molecule has 0 bridgehead atoms.